The quantitative estimate of drug-likeness (QED) is 0.344. The van der Waals surface area contributed by atoms with E-state index in [1.54, 1.807) is 0 Å². The Bertz CT molecular complexity index is 1320. The second-order valence-electron chi connectivity index (χ2n) is 8.44. The van der Waals surface area contributed by atoms with E-state index >= 15 is 0 Å². The number of aryl methyl sites for hydroxylation is 1. The van der Waals surface area contributed by atoms with Crippen LogP contribution < -0.4 is 0 Å². The molecule has 0 saturated carbocycles. The first kappa shape index (κ1) is 21.4. The Hall–Kier alpha value is -3.44. The van der Waals surface area contributed by atoms with Gasteiger partial charge in [0.2, 0.25) is 11.7 Å². The molecular formula is C27H24ClN3O2. The molecule has 1 saturated heterocycles. The lowest BCUT2D eigenvalue weighted by Gasteiger charge is -2.23. The van der Waals surface area contributed by atoms with Crippen molar-refractivity contribution in [1.29, 1.82) is 0 Å². The number of hydrogen-bond donors (Lipinski definition) is 0. The largest absolute Gasteiger partial charge is 0.337 e. The Morgan fingerprint density at radius 3 is 2.67 bits per heavy atom. The highest BCUT2D eigenvalue weighted by molar-refractivity contribution is 6.31. The van der Waals surface area contributed by atoms with E-state index in [9.17, 15) is 4.79 Å². The number of benzene rings is 3. The van der Waals surface area contributed by atoms with Crippen LogP contribution in [0.4, 0.5) is 0 Å². The lowest BCUT2D eigenvalue weighted by molar-refractivity contribution is 0.0711. The minimum Gasteiger partial charge on any atom is -0.337 e. The van der Waals surface area contributed by atoms with Gasteiger partial charge in [0.15, 0.2) is 0 Å². The molecule has 0 bridgehead atoms. The highest BCUT2D eigenvalue weighted by Crippen LogP contribution is 2.36. The molecule has 1 aliphatic rings. The standard InChI is InChI=1S/C27H24ClN3O2/c1-17-13-14-21(19-8-4-3-5-9-19)22(16-17)27(32)31-15-7-12-24(31)26-29-25(30-33-26)20-10-6-11-23(28)18(20)2/h3-6,8-11,13-14,16,24H,7,12,15H2,1-2H3. The molecule has 0 aliphatic carbocycles. The van der Waals surface area contributed by atoms with E-state index in [1.165, 1.54) is 0 Å². The van der Waals surface area contributed by atoms with Crippen LogP contribution in [0.15, 0.2) is 71.3 Å². The molecular weight excluding hydrogens is 434 g/mol. The number of rotatable bonds is 4. The van der Waals surface area contributed by atoms with Gasteiger partial charge in [0, 0.05) is 22.7 Å². The fourth-order valence-electron chi connectivity index (χ4n) is 4.46. The molecule has 5 nitrogen and oxygen atoms in total. The van der Waals surface area contributed by atoms with Gasteiger partial charge < -0.3 is 9.42 Å². The highest BCUT2D eigenvalue weighted by Gasteiger charge is 2.35. The van der Waals surface area contributed by atoms with Gasteiger partial charge in [0.25, 0.3) is 5.91 Å². The van der Waals surface area contributed by atoms with Crippen molar-refractivity contribution in [3.63, 3.8) is 0 Å². The molecule has 3 aromatic carbocycles. The van der Waals surface area contributed by atoms with E-state index in [1.807, 2.05) is 85.5 Å². The maximum atomic E-state index is 13.8. The maximum absolute atomic E-state index is 13.8. The summed E-state index contributed by atoms with van der Waals surface area (Å²) in [6.45, 7) is 4.59. The topological polar surface area (TPSA) is 59.2 Å². The van der Waals surface area contributed by atoms with Crippen LogP contribution in [0.25, 0.3) is 22.5 Å². The van der Waals surface area contributed by atoms with Crippen LogP contribution in [0.5, 0.6) is 0 Å². The minimum atomic E-state index is -0.248. The summed E-state index contributed by atoms with van der Waals surface area (Å²) in [7, 11) is 0. The van der Waals surface area contributed by atoms with E-state index in [2.05, 4.69) is 10.1 Å². The Morgan fingerprint density at radius 1 is 1.03 bits per heavy atom. The number of aromatic nitrogens is 2. The van der Waals surface area contributed by atoms with E-state index in [0.717, 1.165) is 40.7 Å². The maximum Gasteiger partial charge on any atom is 0.255 e. The van der Waals surface area contributed by atoms with Crippen LogP contribution in [0, 0.1) is 13.8 Å². The zero-order chi connectivity index (χ0) is 22.9. The Morgan fingerprint density at radius 2 is 1.85 bits per heavy atom. The van der Waals surface area contributed by atoms with Gasteiger partial charge in [0.05, 0.1) is 0 Å². The van der Waals surface area contributed by atoms with Crippen LogP contribution >= 0.6 is 11.6 Å². The zero-order valence-corrected chi connectivity index (χ0v) is 19.3. The molecule has 6 heteroatoms. The molecule has 0 radical (unpaired) electrons. The van der Waals surface area contributed by atoms with Crippen molar-refractivity contribution in [3.8, 4) is 22.5 Å². The van der Waals surface area contributed by atoms with Crippen molar-refractivity contribution in [2.24, 2.45) is 0 Å². The predicted octanol–water partition coefficient (Wildman–Crippen LogP) is 6.65. The van der Waals surface area contributed by atoms with E-state index in [-0.39, 0.29) is 11.9 Å². The average molecular weight is 458 g/mol. The summed E-state index contributed by atoms with van der Waals surface area (Å²) in [5.41, 5.74) is 5.42. The number of hydrogen-bond acceptors (Lipinski definition) is 4. The van der Waals surface area contributed by atoms with E-state index in [4.69, 9.17) is 16.1 Å². The van der Waals surface area contributed by atoms with Crippen molar-refractivity contribution >= 4 is 17.5 Å². The van der Waals surface area contributed by atoms with Gasteiger partial charge in [-0.3, -0.25) is 4.79 Å². The first-order valence-corrected chi connectivity index (χ1v) is 11.5. The first-order valence-electron chi connectivity index (χ1n) is 11.1. The predicted molar refractivity (Wildman–Crippen MR) is 129 cm³/mol. The van der Waals surface area contributed by atoms with Crippen molar-refractivity contribution in [3.05, 3.63) is 94.3 Å². The number of nitrogens with zero attached hydrogens (tertiary/aromatic N) is 3. The summed E-state index contributed by atoms with van der Waals surface area (Å²) in [5.74, 6) is 0.938. The van der Waals surface area contributed by atoms with Crippen LogP contribution in [-0.2, 0) is 0 Å². The third-order valence-corrected chi connectivity index (χ3v) is 6.65. The smallest absolute Gasteiger partial charge is 0.255 e. The van der Waals surface area contributed by atoms with Gasteiger partial charge >= 0.3 is 0 Å². The third-order valence-electron chi connectivity index (χ3n) is 6.24. The summed E-state index contributed by atoms with van der Waals surface area (Å²) in [6.07, 6.45) is 1.67. The molecule has 1 aromatic heterocycles. The molecule has 0 spiro atoms. The summed E-state index contributed by atoms with van der Waals surface area (Å²) in [6, 6.07) is 21.4. The normalized spacial score (nSPS) is 15.7. The molecule has 0 N–H and O–H groups in total. The van der Waals surface area contributed by atoms with Crippen LogP contribution in [-0.4, -0.2) is 27.5 Å². The molecule has 5 rings (SSSR count). The first-order chi connectivity index (χ1) is 16.0. The third kappa shape index (κ3) is 4.05. The van der Waals surface area contributed by atoms with Crippen molar-refractivity contribution in [1.82, 2.24) is 15.0 Å². The summed E-state index contributed by atoms with van der Waals surface area (Å²) in [5, 5.41) is 4.85. The molecule has 166 valence electrons. The van der Waals surface area contributed by atoms with E-state index in [0.29, 0.717) is 28.8 Å². The SMILES string of the molecule is Cc1ccc(-c2ccccc2)c(C(=O)N2CCCC2c2nc(-c3cccc(Cl)c3C)no2)c1. The van der Waals surface area contributed by atoms with Crippen molar-refractivity contribution < 1.29 is 9.32 Å². The van der Waals surface area contributed by atoms with Crippen molar-refractivity contribution in [2.75, 3.05) is 6.54 Å². The van der Waals surface area contributed by atoms with E-state index < -0.39 is 0 Å². The summed E-state index contributed by atoms with van der Waals surface area (Å²) >= 11 is 6.27. The molecule has 4 aromatic rings. The highest BCUT2D eigenvalue weighted by atomic mass is 35.5. The van der Waals surface area contributed by atoms with Gasteiger partial charge in [-0.1, -0.05) is 76.9 Å². The second kappa shape index (κ2) is 8.83. The molecule has 1 atom stereocenters. The lowest BCUT2D eigenvalue weighted by atomic mass is 9.96. The molecule has 1 amide bonds. The Labute approximate surface area is 198 Å². The Kier molecular flexibility index (Phi) is 5.73. The van der Waals surface area contributed by atoms with Gasteiger partial charge in [-0.25, -0.2) is 0 Å². The summed E-state index contributed by atoms with van der Waals surface area (Å²) in [4.78, 5) is 20.3. The number of halogens is 1. The molecule has 1 fully saturated rings. The Balaban J connectivity index is 1.48. The van der Waals surface area contributed by atoms with Gasteiger partial charge in [0.1, 0.15) is 6.04 Å². The lowest BCUT2D eigenvalue weighted by Crippen LogP contribution is -2.31. The zero-order valence-electron chi connectivity index (χ0n) is 18.6. The van der Waals surface area contributed by atoms with Crippen molar-refractivity contribution in [2.45, 2.75) is 32.7 Å². The van der Waals surface area contributed by atoms with Gasteiger partial charge in [-0.15, -0.1) is 0 Å². The number of carbonyl (C=O) groups excluding carboxylic acids is 1. The number of carbonyl (C=O) groups is 1. The number of amides is 1. The molecule has 1 unspecified atom stereocenters. The fourth-order valence-corrected chi connectivity index (χ4v) is 4.63. The molecule has 1 aliphatic heterocycles. The molecule has 33 heavy (non-hydrogen) atoms. The minimum absolute atomic E-state index is 0.0151. The van der Waals surface area contributed by atoms with Gasteiger partial charge in [-0.05, 0) is 55.5 Å². The van der Waals surface area contributed by atoms with Crippen LogP contribution in [0.2, 0.25) is 5.02 Å². The summed E-state index contributed by atoms with van der Waals surface area (Å²) < 4.78 is 5.65. The monoisotopic (exact) mass is 457 g/mol. The fraction of sp³-hybridized carbons (Fsp3) is 0.222. The van der Waals surface area contributed by atoms with Crippen LogP contribution in [0.3, 0.4) is 0 Å². The average Bonchev–Trinajstić information content (AvgIpc) is 3.51. The van der Waals surface area contributed by atoms with Crippen LogP contribution in [0.1, 0.15) is 46.3 Å². The van der Waals surface area contributed by atoms with Gasteiger partial charge in [-0.2, -0.15) is 4.98 Å². The second-order valence-corrected chi connectivity index (χ2v) is 8.85. The molecule has 2 heterocycles. The number of likely N-dealkylation sites (tertiary alicyclic amines) is 1.